The Kier molecular flexibility index (Phi) is 5.22. The second-order valence-electron chi connectivity index (χ2n) is 3.57. The summed E-state index contributed by atoms with van der Waals surface area (Å²) >= 11 is 11.5. The number of rotatable bonds is 5. The van der Waals surface area contributed by atoms with Gasteiger partial charge in [-0.25, -0.2) is 13.1 Å². The van der Waals surface area contributed by atoms with Crippen molar-refractivity contribution in [2.45, 2.75) is 24.3 Å². The van der Waals surface area contributed by atoms with Crippen molar-refractivity contribution in [3.63, 3.8) is 0 Å². The minimum Gasteiger partial charge on any atom is -0.329 e. The molecule has 0 aliphatic rings. The summed E-state index contributed by atoms with van der Waals surface area (Å²) in [5.41, 5.74) is 5.45. The Morgan fingerprint density at radius 3 is 2.24 bits per heavy atom. The summed E-state index contributed by atoms with van der Waals surface area (Å²) in [6, 6.07) is 3.87. The van der Waals surface area contributed by atoms with Gasteiger partial charge in [-0.1, -0.05) is 30.1 Å². The van der Waals surface area contributed by atoms with Crippen LogP contribution in [0.5, 0.6) is 0 Å². The molecular weight excluding hydrogens is 283 g/mol. The van der Waals surface area contributed by atoms with E-state index in [0.717, 1.165) is 0 Å². The fourth-order valence-corrected chi connectivity index (χ4v) is 3.33. The van der Waals surface area contributed by atoms with Crippen LogP contribution in [0.15, 0.2) is 23.1 Å². The lowest BCUT2D eigenvalue weighted by Gasteiger charge is -2.15. The minimum absolute atomic E-state index is 0.0434. The maximum Gasteiger partial charge on any atom is 0.240 e. The van der Waals surface area contributed by atoms with E-state index in [9.17, 15) is 8.42 Å². The van der Waals surface area contributed by atoms with Gasteiger partial charge in [-0.2, -0.15) is 0 Å². The molecule has 0 radical (unpaired) electrons. The molecule has 0 fully saturated rings. The molecule has 0 spiro atoms. The van der Waals surface area contributed by atoms with E-state index in [1.165, 1.54) is 18.2 Å². The number of nitrogens with one attached hydrogen (secondary N) is 1. The first-order chi connectivity index (χ1) is 7.89. The molecule has 1 atom stereocenters. The molecule has 0 bridgehead atoms. The van der Waals surface area contributed by atoms with Gasteiger partial charge >= 0.3 is 0 Å². The fraction of sp³-hybridized carbons (Fsp3) is 0.400. The van der Waals surface area contributed by atoms with Crippen LogP contribution in [0.1, 0.15) is 13.3 Å². The Balaban J connectivity index is 3.04. The topological polar surface area (TPSA) is 72.2 Å². The quantitative estimate of drug-likeness (QED) is 0.873. The number of nitrogens with two attached hydrogens (primary N) is 1. The largest absolute Gasteiger partial charge is 0.329 e. The van der Waals surface area contributed by atoms with Crippen LogP contribution < -0.4 is 10.5 Å². The lowest BCUT2D eigenvalue weighted by atomic mass is 10.2. The molecule has 0 aromatic heterocycles. The lowest BCUT2D eigenvalue weighted by molar-refractivity contribution is 0.542. The SMILES string of the molecule is CCC(CN)NS(=O)(=O)c1cc(Cl)cc(Cl)c1. The van der Waals surface area contributed by atoms with Crippen LogP contribution in [0, 0.1) is 0 Å². The molecule has 1 rings (SSSR count). The summed E-state index contributed by atoms with van der Waals surface area (Å²) in [6.45, 7) is 2.09. The van der Waals surface area contributed by atoms with E-state index in [-0.39, 0.29) is 27.5 Å². The maximum atomic E-state index is 12.0. The zero-order valence-corrected chi connectivity index (χ0v) is 11.6. The molecule has 3 N–H and O–H groups in total. The number of halogens is 2. The Morgan fingerprint density at radius 2 is 1.82 bits per heavy atom. The fourth-order valence-electron chi connectivity index (χ4n) is 1.27. The predicted molar refractivity (Wildman–Crippen MR) is 69.9 cm³/mol. The van der Waals surface area contributed by atoms with E-state index < -0.39 is 10.0 Å². The van der Waals surface area contributed by atoms with E-state index in [1.54, 1.807) is 0 Å². The zero-order chi connectivity index (χ0) is 13.1. The molecule has 0 amide bonds. The second kappa shape index (κ2) is 6.02. The van der Waals surface area contributed by atoms with Crippen LogP contribution in [0.3, 0.4) is 0 Å². The highest BCUT2D eigenvalue weighted by atomic mass is 35.5. The van der Waals surface area contributed by atoms with Gasteiger partial charge < -0.3 is 5.73 Å². The first kappa shape index (κ1) is 14.7. The van der Waals surface area contributed by atoms with Crippen LogP contribution in [-0.4, -0.2) is 21.0 Å². The highest BCUT2D eigenvalue weighted by Gasteiger charge is 2.19. The molecule has 0 heterocycles. The van der Waals surface area contributed by atoms with E-state index in [0.29, 0.717) is 6.42 Å². The molecule has 1 aromatic carbocycles. The van der Waals surface area contributed by atoms with Crippen molar-refractivity contribution in [2.24, 2.45) is 5.73 Å². The van der Waals surface area contributed by atoms with Gasteiger partial charge in [0.2, 0.25) is 10.0 Å². The maximum absolute atomic E-state index is 12.0. The van der Waals surface area contributed by atoms with Crippen molar-refractivity contribution in [1.29, 1.82) is 0 Å². The van der Waals surface area contributed by atoms with Gasteiger partial charge in [0.15, 0.2) is 0 Å². The van der Waals surface area contributed by atoms with Gasteiger partial charge in [0, 0.05) is 22.6 Å². The average molecular weight is 297 g/mol. The Bertz CT molecular complexity index is 467. The van der Waals surface area contributed by atoms with Gasteiger partial charge in [-0.15, -0.1) is 0 Å². The van der Waals surface area contributed by atoms with Crippen molar-refractivity contribution >= 4 is 33.2 Å². The first-order valence-corrected chi connectivity index (χ1v) is 7.31. The Hall–Kier alpha value is -0.330. The van der Waals surface area contributed by atoms with Crippen LogP contribution in [0.4, 0.5) is 0 Å². The van der Waals surface area contributed by atoms with Gasteiger partial charge in [-0.05, 0) is 24.6 Å². The molecule has 1 aromatic rings. The Morgan fingerprint density at radius 1 is 1.29 bits per heavy atom. The van der Waals surface area contributed by atoms with Gasteiger partial charge in [0.1, 0.15) is 0 Å². The van der Waals surface area contributed by atoms with Crippen molar-refractivity contribution < 1.29 is 8.42 Å². The van der Waals surface area contributed by atoms with Crippen LogP contribution in [-0.2, 0) is 10.0 Å². The predicted octanol–water partition coefficient (Wildman–Crippen LogP) is 2.01. The summed E-state index contributed by atoms with van der Waals surface area (Å²) in [6.07, 6.45) is 0.615. The van der Waals surface area contributed by atoms with E-state index in [4.69, 9.17) is 28.9 Å². The standard InChI is InChI=1S/C10H14Cl2N2O2S/c1-2-9(6-13)14-17(15,16)10-4-7(11)3-8(12)5-10/h3-5,9,14H,2,6,13H2,1H3. The lowest BCUT2D eigenvalue weighted by Crippen LogP contribution is -2.39. The summed E-state index contributed by atoms with van der Waals surface area (Å²) in [7, 11) is -3.63. The Labute approximate surface area is 111 Å². The van der Waals surface area contributed by atoms with Crippen molar-refractivity contribution in [3.05, 3.63) is 28.2 Å². The van der Waals surface area contributed by atoms with E-state index in [2.05, 4.69) is 4.72 Å². The van der Waals surface area contributed by atoms with Crippen molar-refractivity contribution in [3.8, 4) is 0 Å². The molecule has 4 nitrogen and oxygen atoms in total. The molecular formula is C10H14Cl2N2O2S. The number of hydrogen-bond donors (Lipinski definition) is 2. The average Bonchev–Trinajstić information content (AvgIpc) is 2.24. The van der Waals surface area contributed by atoms with Crippen LogP contribution in [0.2, 0.25) is 10.0 Å². The molecule has 7 heteroatoms. The molecule has 17 heavy (non-hydrogen) atoms. The summed E-state index contributed by atoms with van der Waals surface area (Å²) in [5.74, 6) is 0. The van der Waals surface area contributed by atoms with Crippen LogP contribution >= 0.6 is 23.2 Å². The van der Waals surface area contributed by atoms with Gasteiger partial charge in [0.25, 0.3) is 0 Å². The molecule has 1 unspecified atom stereocenters. The summed E-state index contributed by atoms with van der Waals surface area (Å²) in [4.78, 5) is 0.0434. The third-order valence-corrected chi connectivity index (χ3v) is 4.18. The smallest absolute Gasteiger partial charge is 0.240 e. The molecule has 96 valence electrons. The third kappa shape index (κ3) is 4.12. The summed E-state index contributed by atoms with van der Waals surface area (Å²) in [5, 5.41) is 0.553. The molecule has 0 saturated heterocycles. The van der Waals surface area contributed by atoms with Gasteiger partial charge in [-0.3, -0.25) is 0 Å². The zero-order valence-electron chi connectivity index (χ0n) is 9.28. The monoisotopic (exact) mass is 296 g/mol. The van der Waals surface area contributed by atoms with E-state index >= 15 is 0 Å². The van der Waals surface area contributed by atoms with E-state index in [1.807, 2.05) is 6.92 Å². The van der Waals surface area contributed by atoms with Gasteiger partial charge in [0.05, 0.1) is 4.90 Å². The van der Waals surface area contributed by atoms with Crippen molar-refractivity contribution in [1.82, 2.24) is 4.72 Å². The highest BCUT2D eigenvalue weighted by molar-refractivity contribution is 7.89. The first-order valence-electron chi connectivity index (χ1n) is 5.07. The molecule has 0 saturated carbocycles. The highest BCUT2D eigenvalue weighted by Crippen LogP contribution is 2.22. The molecule has 0 aliphatic carbocycles. The number of benzene rings is 1. The third-order valence-electron chi connectivity index (χ3n) is 2.25. The summed E-state index contributed by atoms with van der Waals surface area (Å²) < 4.78 is 26.5. The van der Waals surface area contributed by atoms with Crippen molar-refractivity contribution in [2.75, 3.05) is 6.54 Å². The normalized spacial score (nSPS) is 13.6. The van der Waals surface area contributed by atoms with Crippen LogP contribution in [0.25, 0.3) is 0 Å². The minimum atomic E-state index is -3.63. The number of sulfonamides is 1. The second-order valence-corrected chi connectivity index (χ2v) is 6.15. The molecule has 0 aliphatic heterocycles. The number of hydrogen-bond acceptors (Lipinski definition) is 3.